The van der Waals surface area contributed by atoms with Crippen LogP contribution in [0, 0.1) is 0 Å². The molecule has 0 aliphatic heterocycles. The van der Waals surface area contributed by atoms with E-state index in [0.29, 0.717) is 0 Å². The Bertz CT molecular complexity index is 87.5. The number of rotatable bonds is 2. The summed E-state index contributed by atoms with van der Waals surface area (Å²) < 4.78 is 0. The van der Waals surface area contributed by atoms with Gasteiger partial charge < -0.3 is 5.11 Å². The van der Waals surface area contributed by atoms with Gasteiger partial charge in [0.25, 0.3) is 0 Å². The zero-order valence-corrected chi connectivity index (χ0v) is 4.38. The van der Waals surface area contributed by atoms with Gasteiger partial charge in [-0.05, 0) is 6.92 Å². The second kappa shape index (κ2) is 4.23. The van der Waals surface area contributed by atoms with Crippen LogP contribution in [-0.4, -0.2) is 16.9 Å². The van der Waals surface area contributed by atoms with Gasteiger partial charge in [0, 0.05) is 0 Å². The maximum atomic E-state index is 9.87. The molecular weight excluding hydrogens is 115 g/mol. The molecule has 1 N–H and O–H groups in total. The summed E-state index contributed by atoms with van der Waals surface area (Å²) in [6.45, 7) is 1.24. The standard InChI is InChI=1S/C4H6O3.FH/c1-3(5)2-4(6)7;/h2H2,1H3,(H,6,7);1H. The molecule has 0 spiro atoms. The first-order chi connectivity index (χ1) is 3.13. The summed E-state index contributed by atoms with van der Waals surface area (Å²) >= 11 is 0. The number of ketones is 1. The van der Waals surface area contributed by atoms with Crippen molar-refractivity contribution in [3.63, 3.8) is 0 Å². The monoisotopic (exact) mass is 122 g/mol. The summed E-state index contributed by atoms with van der Waals surface area (Å²) in [5.41, 5.74) is 0. The number of Topliss-reactive ketones (excluding diaryl/α,β-unsaturated/α-hetero) is 1. The van der Waals surface area contributed by atoms with Crippen LogP contribution in [-0.2, 0) is 9.59 Å². The fourth-order valence-corrected chi connectivity index (χ4v) is 0.213. The Morgan fingerprint density at radius 2 is 1.88 bits per heavy atom. The van der Waals surface area contributed by atoms with Crippen LogP contribution in [0.25, 0.3) is 0 Å². The van der Waals surface area contributed by atoms with Crippen molar-refractivity contribution in [3.05, 3.63) is 0 Å². The lowest BCUT2D eigenvalue weighted by molar-refractivity contribution is -0.139. The van der Waals surface area contributed by atoms with Gasteiger partial charge in [0.05, 0.1) is 0 Å². The highest BCUT2D eigenvalue weighted by atomic mass is 19.0. The minimum Gasteiger partial charge on any atom is -0.481 e. The number of hydrogen-bond acceptors (Lipinski definition) is 2. The van der Waals surface area contributed by atoms with E-state index in [4.69, 9.17) is 5.11 Å². The van der Waals surface area contributed by atoms with Crippen molar-refractivity contribution in [1.82, 2.24) is 0 Å². The molecule has 0 heterocycles. The Balaban J connectivity index is 0. The molecule has 4 heteroatoms. The lowest BCUT2D eigenvalue weighted by Crippen LogP contribution is -2.00. The molecule has 0 aliphatic carbocycles. The van der Waals surface area contributed by atoms with Crippen LogP contribution in [0.1, 0.15) is 13.3 Å². The Kier molecular flexibility index (Phi) is 5.36. The van der Waals surface area contributed by atoms with Gasteiger partial charge in [-0.25, -0.2) is 0 Å². The van der Waals surface area contributed by atoms with Gasteiger partial charge in [0.15, 0.2) is 0 Å². The maximum absolute atomic E-state index is 9.87. The van der Waals surface area contributed by atoms with Crippen molar-refractivity contribution in [1.29, 1.82) is 0 Å². The third kappa shape index (κ3) is 8.91. The smallest absolute Gasteiger partial charge is 0.310 e. The maximum Gasteiger partial charge on any atom is 0.310 e. The molecule has 0 aromatic heterocycles. The number of hydrogen-bond donors (Lipinski definition) is 1. The lowest BCUT2D eigenvalue weighted by Gasteiger charge is -1.80. The predicted molar refractivity (Wildman–Crippen MR) is 25.4 cm³/mol. The highest BCUT2D eigenvalue weighted by molar-refractivity contribution is 5.93. The highest BCUT2D eigenvalue weighted by Crippen LogP contribution is 1.77. The van der Waals surface area contributed by atoms with E-state index in [1.807, 2.05) is 0 Å². The average Bonchev–Trinajstić information content (AvgIpc) is 1.27. The topological polar surface area (TPSA) is 54.4 Å². The van der Waals surface area contributed by atoms with Crippen LogP contribution in [0.3, 0.4) is 0 Å². The van der Waals surface area contributed by atoms with E-state index in [9.17, 15) is 9.59 Å². The van der Waals surface area contributed by atoms with Crippen LogP contribution >= 0.6 is 0 Å². The molecule has 0 rings (SSSR count). The molecule has 0 aliphatic rings. The SMILES string of the molecule is CC(=O)CC(=O)O.F. The summed E-state index contributed by atoms with van der Waals surface area (Å²) in [5.74, 6) is -1.37. The number of carboxylic acids is 1. The van der Waals surface area contributed by atoms with Crippen LogP contribution < -0.4 is 0 Å². The summed E-state index contributed by atoms with van der Waals surface area (Å²) in [5, 5.41) is 7.86. The van der Waals surface area contributed by atoms with Gasteiger partial charge in [-0.3, -0.25) is 14.3 Å². The van der Waals surface area contributed by atoms with Crippen LogP contribution in [0.2, 0.25) is 0 Å². The largest absolute Gasteiger partial charge is 0.481 e. The molecule has 8 heavy (non-hydrogen) atoms. The Hall–Kier alpha value is -0.930. The van der Waals surface area contributed by atoms with Crippen molar-refractivity contribution >= 4 is 11.8 Å². The molecular formula is C4H7FO3. The quantitative estimate of drug-likeness (QED) is 0.532. The zero-order valence-electron chi connectivity index (χ0n) is 4.38. The molecule has 0 saturated carbocycles. The summed E-state index contributed by atoms with van der Waals surface area (Å²) in [6.07, 6.45) is -0.361. The van der Waals surface area contributed by atoms with Gasteiger partial charge in [0.2, 0.25) is 0 Å². The minimum atomic E-state index is -1.06. The number of halogens is 1. The fraction of sp³-hybridized carbons (Fsp3) is 0.500. The third-order valence-corrected chi connectivity index (χ3v) is 0.400. The summed E-state index contributed by atoms with van der Waals surface area (Å²) in [4.78, 5) is 19.5. The first-order valence-corrected chi connectivity index (χ1v) is 1.84. The van der Waals surface area contributed by atoms with E-state index in [2.05, 4.69) is 0 Å². The van der Waals surface area contributed by atoms with Crippen LogP contribution in [0.4, 0.5) is 4.70 Å². The van der Waals surface area contributed by atoms with Crippen LogP contribution in [0.15, 0.2) is 0 Å². The first kappa shape index (κ1) is 10.1. The van der Waals surface area contributed by atoms with Crippen LogP contribution in [0.5, 0.6) is 0 Å². The van der Waals surface area contributed by atoms with E-state index < -0.39 is 5.97 Å². The van der Waals surface area contributed by atoms with Crippen molar-refractivity contribution in [2.75, 3.05) is 0 Å². The molecule has 0 unspecified atom stereocenters. The molecule has 0 radical (unpaired) electrons. The van der Waals surface area contributed by atoms with Crippen molar-refractivity contribution in [2.24, 2.45) is 0 Å². The zero-order chi connectivity index (χ0) is 5.86. The molecule has 3 nitrogen and oxygen atoms in total. The molecule has 0 atom stereocenters. The lowest BCUT2D eigenvalue weighted by atomic mass is 10.3. The van der Waals surface area contributed by atoms with Crippen molar-refractivity contribution < 1.29 is 19.4 Å². The van der Waals surface area contributed by atoms with E-state index in [1.165, 1.54) is 6.92 Å². The molecule has 0 bridgehead atoms. The normalized spacial score (nSPS) is 7.12. The second-order valence-corrected chi connectivity index (χ2v) is 1.27. The molecule has 0 amide bonds. The Labute approximate surface area is 45.7 Å². The minimum absolute atomic E-state index is 0. The average molecular weight is 122 g/mol. The van der Waals surface area contributed by atoms with Gasteiger partial charge in [0.1, 0.15) is 12.2 Å². The first-order valence-electron chi connectivity index (χ1n) is 1.84. The molecule has 0 fully saturated rings. The molecule has 0 saturated heterocycles. The van der Waals surface area contributed by atoms with Gasteiger partial charge in [-0.1, -0.05) is 0 Å². The third-order valence-electron chi connectivity index (χ3n) is 0.400. The number of carboxylic acid groups (broad SMARTS) is 1. The predicted octanol–water partition coefficient (Wildman–Crippen LogP) is 0.203. The molecule has 0 aromatic rings. The molecule has 0 aromatic carbocycles. The van der Waals surface area contributed by atoms with Crippen molar-refractivity contribution in [3.8, 4) is 0 Å². The Morgan fingerprint density at radius 3 is 1.88 bits per heavy atom. The highest BCUT2D eigenvalue weighted by Gasteiger charge is 1.98. The summed E-state index contributed by atoms with van der Waals surface area (Å²) in [7, 11) is 0. The van der Waals surface area contributed by atoms with Gasteiger partial charge >= 0.3 is 5.97 Å². The number of carbonyl (C=O) groups is 2. The fourth-order valence-electron chi connectivity index (χ4n) is 0.213. The molecule has 48 valence electrons. The van der Waals surface area contributed by atoms with Gasteiger partial charge in [-0.15, -0.1) is 0 Å². The number of aliphatic carboxylic acids is 1. The summed E-state index contributed by atoms with van der Waals surface area (Å²) in [6, 6.07) is 0. The van der Waals surface area contributed by atoms with E-state index in [1.54, 1.807) is 0 Å². The second-order valence-electron chi connectivity index (χ2n) is 1.27. The van der Waals surface area contributed by atoms with Gasteiger partial charge in [-0.2, -0.15) is 0 Å². The Morgan fingerprint density at radius 1 is 1.50 bits per heavy atom. The van der Waals surface area contributed by atoms with E-state index in [0.717, 1.165) is 0 Å². The number of carbonyl (C=O) groups excluding carboxylic acids is 1. The van der Waals surface area contributed by atoms with E-state index >= 15 is 0 Å². The van der Waals surface area contributed by atoms with E-state index in [-0.39, 0.29) is 16.9 Å². The van der Waals surface area contributed by atoms with Crippen molar-refractivity contribution in [2.45, 2.75) is 13.3 Å².